The number of hydrogen-bond donors (Lipinski definition) is 1. The van der Waals surface area contributed by atoms with Crippen LogP contribution in [0.4, 0.5) is 0 Å². The number of aliphatic hydroxyl groups is 1. The summed E-state index contributed by atoms with van der Waals surface area (Å²) in [6.07, 6.45) is 7.09. The lowest BCUT2D eigenvalue weighted by molar-refractivity contribution is 0.0806. The lowest BCUT2D eigenvalue weighted by Crippen LogP contribution is -2.43. The minimum absolute atomic E-state index is 0.0677. The zero-order chi connectivity index (χ0) is 20.0. The number of hydrogen-bond acceptors (Lipinski definition) is 4. The first-order chi connectivity index (χ1) is 14.1. The van der Waals surface area contributed by atoms with Crippen LogP contribution in [0.1, 0.15) is 35.1 Å². The number of nitrogens with zero attached hydrogens (tertiary/aromatic N) is 1. The molecule has 0 aromatic heterocycles. The summed E-state index contributed by atoms with van der Waals surface area (Å²) < 4.78 is 12.1. The van der Waals surface area contributed by atoms with E-state index in [-0.39, 0.29) is 11.5 Å². The maximum atomic E-state index is 10.3. The Hall–Kier alpha value is -2.56. The Balaban J connectivity index is 1.64. The van der Waals surface area contributed by atoms with Crippen molar-refractivity contribution in [1.29, 1.82) is 0 Å². The second-order valence-corrected chi connectivity index (χ2v) is 8.31. The molecular weight excluding hydrogens is 362 g/mol. The number of rotatable bonds is 4. The van der Waals surface area contributed by atoms with Crippen LogP contribution >= 0.6 is 0 Å². The average molecular weight is 389 g/mol. The van der Waals surface area contributed by atoms with Gasteiger partial charge in [0.05, 0.1) is 18.6 Å². The Morgan fingerprint density at radius 2 is 2.17 bits per heavy atom. The third-order valence-corrected chi connectivity index (χ3v) is 6.67. The van der Waals surface area contributed by atoms with E-state index in [1.807, 2.05) is 18.2 Å². The summed E-state index contributed by atoms with van der Waals surface area (Å²) in [5.74, 6) is 1.60. The predicted molar refractivity (Wildman–Crippen MR) is 114 cm³/mol. The van der Waals surface area contributed by atoms with E-state index in [0.717, 1.165) is 43.1 Å². The van der Waals surface area contributed by atoms with Crippen molar-refractivity contribution in [2.45, 2.75) is 43.6 Å². The molecule has 5 rings (SSSR count). The smallest absolute Gasteiger partial charge is 0.166 e. The van der Waals surface area contributed by atoms with Crippen molar-refractivity contribution in [3.05, 3.63) is 77.4 Å². The monoisotopic (exact) mass is 389 g/mol. The Kier molecular flexibility index (Phi) is 4.49. The van der Waals surface area contributed by atoms with Gasteiger partial charge in [0, 0.05) is 31.6 Å². The highest BCUT2D eigenvalue weighted by atomic mass is 16.5. The van der Waals surface area contributed by atoms with E-state index in [0.29, 0.717) is 6.42 Å². The first-order valence-electron chi connectivity index (χ1n) is 10.3. The molecule has 2 aromatic rings. The highest BCUT2D eigenvalue weighted by molar-refractivity contribution is 5.69. The molecule has 0 radical (unpaired) electrons. The average Bonchev–Trinajstić information content (AvgIpc) is 2.98. The van der Waals surface area contributed by atoms with Crippen molar-refractivity contribution in [3.8, 4) is 11.5 Å². The van der Waals surface area contributed by atoms with Crippen molar-refractivity contribution in [2.24, 2.45) is 0 Å². The second kappa shape index (κ2) is 7.05. The Labute approximate surface area is 172 Å². The van der Waals surface area contributed by atoms with Crippen LogP contribution < -0.4 is 9.47 Å². The normalized spacial score (nSPS) is 27.5. The first kappa shape index (κ1) is 18.5. The maximum Gasteiger partial charge on any atom is 0.166 e. The first-order valence-corrected chi connectivity index (χ1v) is 10.3. The molecule has 4 heteroatoms. The summed E-state index contributed by atoms with van der Waals surface area (Å²) in [4.78, 5) is 2.51. The zero-order valence-corrected chi connectivity index (χ0v) is 16.8. The minimum Gasteiger partial charge on any atom is -0.493 e. The van der Waals surface area contributed by atoms with Gasteiger partial charge in [-0.05, 0) is 29.2 Å². The largest absolute Gasteiger partial charge is 0.493 e. The lowest BCUT2D eigenvalue weighted by atomic mass is 9.68. The number of benzene rings is 2. The van der Waals surface area contributed by atoms with Crippen LogP contribution in [0.5, 0.6) is 11.5 Å². The lowest BCUT2D eigenvalue weighted by Gasteiger charge is -2.36. The third-order valence-electron chi connectivity index (χ3n) is 6.67. The Morgan fingerprint density at radius 3 is 2.93 bits per heavy atom. The zero-order valence-electron chi connectivity index (χ0n) is 16.8. The molecule has 1 spiro atoms. The van der Waals surface area contributed by atoms with Gasteiger partial charge in [0.2, 0.25) is 0 Å². The molecule has 1 unspecified atom stereocenters. The highest BCUT2D eigenvalue weighted by Gasteiger charge is 2.53. The van der Waals surface area contributed by atoms with Gasteiger partial charge in [0.25, 0.3) is 0 Å². The molecular formula is C25H27NO3. The van der Waals surface area contributed by atoms with E-state index in [1.54, 1.807) is 7.11 Å². The molecule has 1 N–H and O–H groups in total. The van der Waals surface area contributed by atoms with Crippen LogP contribution in [0, 0.1) is 0 Å². The molecule has 2 aromatic carbocycles. The maximum absolute atomic E-state index is 10.3. The van der Waals surface area contributed by atoms with Crippen molar-refractivity contribution < 1.29 is 14.6 Å². The Bertz CT molecular complexity index is 968. The van der Waals surface area contributed by atoms with E-state index in [2.05, 4.69) is 47.9 Å². The molecule has 2 aliphatic heterocycles. The van der Waals surface area contributed by atoms with Gasteiger partial charge < -0.3 is 14.6 Å². The van der Waals surface area contributed by atoms with E-state index < -0.39 is 6.10 Å². The molecule has 0 saturated heterocycles. The summed E-state index contributed by atoms with van der Waals surface area (Å²) in [5, 5.41) is 10.3. The fourth-order valence-electron chi connectivity index (χ4n) is 5.24. The molecule has 3 aliphatic rings. The van der Waals surface area contributed by atoms with Crippen LogP contribution in [0.15, 0.2) is 55.1 Å². The molecule has 3 atom stereocenters. The van der Waals surface area contributed by atoms with Gasteiger partial charge in [0.1, 0.15) is 6.10 Å². The predicted octanol–water partition coefficient (Wildman–Crippen LogP) is 4.06. The quantitative estimate of drug-likeness (QED) is 0.801. The van der Waals surface area contributed by atoms with Crippen molar-refractivity contribution in [3.63, 3.8) is 0 Å². The summed E-state index contributed by atoms with van der Waals surface area (Å²) in [7, 11) is 1.69. The number of methoxy groups -OCH3 is 1. The SMILES string of the molecule is C=Cc1cc(OC)c2c3c1CN(Cc1ccccc1)CC[C@@]31C=C[C@H](O)CC1O2. The molecule has 0 bridgehead atoms. The number of ether oxygens (including phenoxy) is 2. The summed E-state index contributed by atoms with van der Waals surface area (Å²) in [5.41, 5.74) is 4.70. The van der Waals surface area contributed by atoms with Crippen molar-refractivity contribution >= 4 is 6.08 Å². The molecule has 0 fully saturated rings. The van der Waals surface area contributed by atoms with Crippen LogP contribution in [0.2, 0.25) is 0 Å². The molecule has 4 nitrogen and oxygen atoms in total. The van der Waals surface area contributed by atoms with Gasteiger partial charge in [-0.1, -0.05) is 55.1 Å². The molecule has 2 heterocycles. The van der Waals surface area contributed by atoms with E-state index in [1.165, 1.54) is 16.7 Å². The highest BCUT2D eigenvalue weighted by Crippen LogP contribution is 2.56. The van der Waals surface area contributed by atoms with E-state index >= 15 is 0 Å². The van der Waals surface area contributed by atoms with Gasteiger partial charge in [-0.3, -0.25) is 4.90 Å². The fourth-order valence-corrected chi connectivity index (χ4v) is 5.24. The molecule has 150 valence electrons. The van der Waals surface area contributed by atoms with Gasteiger partial charge in [0.15, 0.2) is 11.5 Å². The summed E-state index contributed by atoms with van der Waals surface area (Å²) in [6, 6.07) is 12.7. The van der Waals surface area contributed by atoms with Crippen molar-refractivity contribution in [1.82, 2.24) is 4.90 Å². The Morgan fingerprint density at radius 1 is 1.34 bits per heavy atom. The van der Waals surface area contributed by atoms with E-state index in [4.69, 9.17) is 9.47 Å². The second-order valence-electron chi connectivity index (χ2n) is 8.31. The third kappa shape index (κ3) is 2.90. The van der Waals surface area contributed by atoms with Crippen LogP contribution in [-0.4, -0.2) is 35.9 Å². The summed E-state index contributed by atoms with van der Waals surface area (Å²) in [6.45, 7) is 6.78. The van der Waals surface area contributed by atoms with E-state index in [9.17, 15) is 5.11 Å². The van der Waals surface area contributed by atoms with Gasteiger partial charge in [-0.15, -0.1) is 0 Å². The van der Waals surface area contributed by atoms with Crippen molar-refractivity contribution in [2.75, 3.05) is 13.7 Å². The molecule has 29 heavy (non-hydrogen) atoms. The van der Waals surface area contributed by atoms with Crippen LogP contribution in [-0.2, 0) is 18.5 Å². The van der Waals surface area contributed by atoms with Crippen LogP contribution in [0.25, 0.3) is 6.08 Å². The van der Waals surface area contributed by atoms with Gasteiger partial charge in [-0.2, -0.15) is 0 Å². The van der Waals surface area contributed by atoms with Crippen LogP contribution in [0.3, 0.4) is 0 Å². The topological polar surface area (TPSA) is 41.9 Å². The number of aliphatic hydroxyl groups excluding tert-OH is 1. The molecule has 0 amide bonds. The standard InChI is InChI=1S/C25H27NO3/c1-3-18-13-21(28-2)24-23-20(18)16-26(15-17-7-5-4-6-8-17)12-11-25(23)10-9-19(27)14-22(25)29-24/h3-10,13,19,22,27H,1,11-12,14-16H2,2H3/t19-,22?,25+/m0/s1. The molecule has 0 saturated carbocycles. The van der Waals surface area contributed by atoms with Gasteiger partial charge >= 0.3 is 0 Å². The van der Waals surface area contributed by atoms with Gasteiger partial charge in [-0.25, -0.2) is 0 Å². The summed E-state index contributed by atoms with van der Waals surface area (Å²) >= 11 is 0. The minimum atomic E-state index is -0.461. The molecule has 1 aliphatic carbocycles. The fraction of sp³-hybridized carbons (Fsp3) is 0.360.